The van der Waals surface area contributed by atoms with Gasteiger partial charge in [-0.15, -0.1) is 0 Å². The molecule has 0 saturated carbocycles. The molecule has 1 amide bonds. The molecule has 2 aromatic carbocycles. The van der Waals surface area contributed by atoms with Crippen molar-refractivity contribution in [2.24, 2.45) is 0 Å². The molecule has 29 heavy (non-hydrogen) atoms. The zero-order chi connectivity index (χ0) is 20.4. The van der Waals surface area contributed by atoms with Gasteiger partial charge in [0, 0.05) is 5.69 Å². The van der Waals surface area contributed by atoms with Gasteiger partial charge in [-0.2, -0.15) is 5.10 Å². The van der Waals surface area contributed by atoms with Crippen molar-refractivity contribution < 1.29 is 9.18 Å². The molecule has 4 aromatic rings. The minimum Gasteiger partial charge on any atom is -0.325 e. The van der Waals surface area contributed by atoms with Crippen molar-refractivity contribution in [3.63, 3.8) is 0 Å². The van der Waals surface area contributed by atoms with Crippen molar-refractivity contribution >= 4 is 34.4 Å². The van der Waals surface area contributed by atoms with Gasteiger partial charge in [-0.25, -0.2) is 19.0 Å². The summed E-state index contributed by atoms with van der Waals surface area (Å²) in [6.45, 7) is 3.98. The molecule has 0 radical (unpaired) electrons. The van der Waals surface area contributed by atoms with Gasteiger partial charge in [-0.1, -0.05) is 29.5 Å². The minimum atomic E-state index is -0.314. The van der Waals surface area contributed by atoms with Crippen LogP contribution in [0.1, 0.15) is 11.1 Å². The van der Waals surface area contributed by atoms with Crippen LogP contribution in [0.2, 0.25) is 0 Å². The molecule has 0 aliphatic heterocycles. The Morgan fingerprint density at radius 2 is 1.93 bits per heavy atom. The monoisotopic (exact) mass is 407 g/mol. The first-order valence-corrected chi connectivity index (χ1v) is 9.94. The van der Waals surface area contributed by atoms with E-state index in [1.807, 2.05) is 32.0 Å². The van der Waals surface area contributed by atoms with Crippen LogP contribution < -0.4 is 5.32 Å². The third-order valence-electron chi connectivity index (χ3n) is 4.40. The molecule has 8 heteroatoms. The van der Waals surface area contributed by atoms with E-state index < -0.39 is 0 Å². The predicted octanol–water partition coefficient (Wildman–Crippen LogP) is 4.30. The second-order valence-electron chi connectivity index (χ2n) is 6.60. The number of thioether (sulfide) groups is 1. The van der Waals surface area contributed by atoms with Gasteiger partial charge in [-0.3, -0.25) is 4.79 Å². The molecular weight excluding hydrogens is 389 g/mol. The van der Waals surface area contributed by atoms with E-state index in [0.29, 0.717) is 16.4 Å². The Morgan fingerprint density at radius 3 is 2.69 bits per heavy atom. The maximum atomic E-state index is 13.2. The van der Waals surface area contributed by atoms with Gasteiger partial charge in [0.05, 0.1) is 23.0 Å². The summed E-state index contributed by atoms with van der Waals surface area (Å²) in [4.78, 5) is 21.0. The van der Waals surface area contributed by atoms with Crippen molar-refractivity contribution in [2.75, 3.05) is 11.1 Å². The number of rotatable bonds is 5. The highest BCUT2D eigenvalue weighted by Gasteiger charge is 2.13. The van der Waals surface area contributed by atoms with Crippen molar-refractivity contribution in [2.45, 2.75) is 18.9 Å². The van der Waals surface area contributed by atoms with Crippen molar-refractivity contribution in [1.29, 1.82) is 0 Å². The molecule has 6 nitrogen and oxygen atoms in total. The van der Waals surface area contributed by atoms with Crippen LogP contribution in [0.4, 0.5) is 10.1 Å². The van der Waals surface area contributed by atoms with Gasteiger partial charge in [0.25, 0.3) is 0 Å². The summed E-state index contributed by atoms with van der Waals surface area (Å²) in [6, 6.07) is 11.9. The van der Waals surface area contributed by atoms with Gasteiger partial charge in [-0.05, 0) is 49.7 Å². The zero-order valence-corrected chi connectivity index (χ0v) is 16.7. The highest BCUT2D eigenvalue weighted by Crippen LogP contribution is 2.26. The van der Waals surface area contributed by atoms with Crippen molar-refractivity contribution in [3.05, 3.63) is 71.9 Å². The molecule has 0 bridgehead atoms. The van der Waals surface area contributed by atoms with Crippen LogP contribution in [-0.2, 0) is 4.79 Å². The van der Waals surface area contributed by atoms with Crippen LogP contribution in [0, 0.1) is 19.7 Å². The fraction of sp³-hybridized carbons (Fsp3) is 0.143. The lowest BCUT2D eigenvalue weighted by Crippen LogP contribution is -2.15. The third kappa shape index (κ3) is 4.12. The Kier molecular flexibility index (Phi) is 5.26. The predicted molar refractivity (Wildman–Crippen MR) is 112 cm³/mol. The van der Waals surface area contributed by atoms with Crippen LogP contribution in [-0.4, -0.2) is 31.4 Å². The van der Waals surface area contributed by atoms with E-state index in [1.54, 1.807) is 23.0 Å². The molecular formula is C21H18FN5OS. The average Bonchev–Trinajstić information content (AvgIpc) is 3.14. The Labute approximate surface area is 171 Å². The number of anilines is 1. The maximum Gasteiger partial charge on any atom is 0.234 e. The summed E-state index contributed by atoms with van der Waals surface area (Å²) in [5.41, 5.74) is 4.27. The highest BCUT2D eigenvalue weighted by atomic mass is 32.2. The second kappa shape index (κ2) is 8.00. The van der Waals surface area contributed by atoms with Crippen LogP contribution in [0.15, 0.2) is 60.0 Å². The van der Waals surface area contributed by atoms with Crippen LogP contribution >= 0.6 is 11.8 Å². The SMILES string of the molecule is Cc1ccc(NC(=O)CSc2ncnc3c2cnn3-c2ccc(F)cc2)c(C)c1. The Morgan fingerprint density at radius 1 is 1.14 bits per heavy atom. The largest absolute Gasteiger partial charge is 0.325 e. The van der Waals surface area contributed by atoms with Gasteiger partial charge in [0.15, 0.2) is 5.65 Å². The van der Waals surface area contributed by atoms with E-state index >= 15 is 0 Å². The van der Waals surface area contributed by atoms with E-state index in [9.17, 15) is 9.18 Å². The molecule has 4 rings (SSSR count). The lowest BCUT2D eigenvalue weighted by molar-refractivity contribution is -0.113. The van der Waals surface area contributed by atoms with Crippen LogP contribution in [0.5, 0.6) is 0 Å². The number of carbonyl (C=O) groups is 1. The summed E-state index contributed by atoms with van der Waals surface area (Å²) >= 11 is 1.32. The Bertz CT molecular complexity index is 1190. The van der Waals surface area contributed by atoms with E-state index in [-0.39, 0.29) is 17.5 Å². The number of nitrogens with zero attached hydrogens (tertiary/aromatic N) is 4. The normalized spacial score (nSPS) is 11.0. The number of aromatic nitrogens is 4. The molecule has 146 valence electrons. The van der Waals surface area contributed by atoms with Gasteiger partial charge < -0.3 is 5.32 Å². The number of aryl methyl sites for hydroxylation is 2. The third-order valence-corrected chi connectivity index (χ3v) is 5.40. The quantitative estimate of drug-likeness (QED) is 0.394. The summed E-state index contributed by atoms with van der Waals surface area (Å²) in [6.07, 6.45) is 3.09. The number of amides is 1. The number of fused-ring (bicyclic) bond motifs is 1. The van der Waals surface area contributed by atoms with Crippen LogP contribution in [0.3, 0.4) is 0 Å². The lowest BCUT2D eigenvalue weighted by atomic mass is 10.1. The van der Waals surface area contributed by atoms with Gasteiger partial charge >= 0.3 is 0 Å². The summed E-state index contributed by atoms with van der Waals surface area (Å²) in [5.74, 6) is -0.216. The number of halogens is 1. The smallest absolute Gasteiger partial charge is 0.234 e. The lowest BCUT2D eigenvalue weighted by Gasteiger charge is -2.09. The first kappa shape index (κ1) is 19.1. The Balaban J connectivity index is 1.51. The molecule has 0 aliphatic rings. The first-order chi connectivity index (χ1) is 14.0. The molecule has 0 unspecified atom stereocenters. The number of hydrogen-bond acceptors (Lipinski definition) is 5. The van der Waals surface area contributed by atoms with E-state index in [0.717, 1.165) is 22.2 Å². The highest BCUT2D eigenvalue weighted by molar-refractivity contribution is 8.00. The van der Waals surface area contributed by atoms with E-state index in [1.165, 1.54) is 30.2 Å². The topological polar surface area (TPSA) is 72.7 Å². The molecule has 0 aliphatic carbocycles. The zero-order valence-electron chi connectivity index (χ0n) is 15.9. The number of carbonyl (C=O) groups excluding carboxylic acids is 1. The van der Waals surface area contributed by atoms with E-state index in [4.69, 9.17) is 0 Å². The summed E-state index contributed by atoms with van der Waals surface area (Å²) in [5, 5.41) is 8.68. The number of benzene rings is 2. The Hall–Kier alpha value is -3.26. The molecule has 2 heterocycles. The standard InChI is InChI=1S/C21H18FN5OS/c1-13-3-8-18(14(2)9-13)26-19(28)11-29-21-17-10-25-27(20(17)23-12-24-21)16-6-4-15(22)5-7-16/h3-10,12H,11H2,1-2H3,(H,26,28). The molecule has 0 atom stereocenters. The van der Waals surface area contributed by atoms with Gasteiger partial charge in [0.1, 0.15) is 17.2 Å². The summed E-state index contributed by atoms with van der Waals surface area (Å²) < 4.78 is 14.8. The first-order valence-electron chi connectivity index (χ1n) is 8.96. The van der Waals surface area contributed by atoms with Crippen LogP contribution in [0.25, 0.3) is 16.7 Å². The maximum absolute atomic E-state index is 13.2. The number of nitrogens with one attached hydrogen (secondary N) is 1. The molecule has 0 fully saturated rings. The molecule has 0 spiro atoms. The minimum absolute atomic E-state index is 0.111. The molecule has 1 N–H and O–H groups in total. The van der Waals surface area contributed by atoms with Gasteiger partial charge in [0.2, 0.25) is 5.91 Å². The van der Waals surface area contributed by atoms with Crippen molar-refractivity contribution in [3.8, 4) is 5.69 Å². The summed E-state index contributed by atoms with van der Waals surface area (Å²) in [7, 11) is 0. The molecule has 2 aromatic heterocycles. The fourth-order valence-corrected chi connectivity index (χ4v) is 3.74. The fourth-order valence-electron chi connectivity index (χ4n) is 2.98. The van der Waals surface area contributed by atoms with E-state index in [2.05, 4.69) is 20.4 Å². The second-order valence-corrected chi connectivity index (χ2v) is 7.57. The molecule has 0 saturated heterocycles. The number of hydrogen-bond donors (Lipinski definition) is 1. The van der Waals surface area contributed by atoms with Crippen molar-refractivity contribution in [1.82, 2.24) is 19.7 Å². The average molecular weight is 407 g/mol.